The first kappa shape index (κ1) is 7.99. The molecule has 0 aliphatic heterocycles. The van der Waals surface area contributed by atoms with Gasteiger partial charge in [0, 0.05) is 17.8 Å². The van der Waals surface area contributed by atoms with Crippen molar-refractivity contribution in [3.05, 3.63) is 10.1 Å². The number of nitrogens with zero attached hydrogens (tertiary/aromatic N) is 2. The number of nitriles is 1. The van der Waals surface area contributed by atoms with Crippen LogP contribution in [0.15, 0.2) is 0 Å². The maximum Gasteiger partial charge on any atom is 0.214 e. The molecule has 0 amide bonds. The van der Waals surface area contributed by atoms with Crippen molar-refractivity contribution in [1.82, 2.24) is 0 Å². The summed E-state index contributed by atoms with van der Waals surface area (Å²) < 4.78 is 0. The molecule has 60 valence electrons. The SMILES string of the molecule is N#CC1CCCC([N+](=O)[O-])C1. The van der Waals surface area contributed by atoms with Gasteiger partial charge in [-0.05, 0) is 12.8 Å². The predicted octanol–water partition coefficient (Wildman–Crippen LogP) is 1.35. The average Bonchev–Trinajstić information content (AvgIpc) is 2.05. The van der Waals surface area contributed by atoms with E-state index in [-0.39, 0.29) is 10.8 Å². The minimum atomic E-state index is -0.464. The van der Waals surface area contributed by atoms with Gasteiger partial charge in [-0.3, -0.25) is 10.1 Å². The number of rotatable bonds is 1. The zero-order valence-corrected chi connectivity index (χ0v) is 6.19. The van der Waals surface area contributed by atoms with Crippen LogP contribution in [0.4, 0.5) is 0 Å². The highest BCUT2D eigenvalue weighted by Crippen LogP contribution is 2.24. The van der Waals surface area contributed by atoms with Crippen LogP contribution in [0.5, 0.6) is 0 Å². The maximum atomic E-state index is 10.3. The lowest BCUT2D eigenvalue weighted by molar-refractivity contribution is -0.527. The smallest absolute Gasteiger partial charge is 0.214 e. The molecular formula is C7H10N2O2. The first-order valence-electron chi connectivity index (χ1n) is 3.77. The molecule has 4 nitrogen and oxygen atoms in total. The number of hydrogen-bond acceptors (Lipinski definition) is 3. The van der Waals surface area contributed by atoms with Crippen molar-refractivity contribution in [1.29, 1.82) is 5.26 Å². The Hall–Kier alpha value is -1.11. The molecule has 0 spiro atoms. The Morgan fingerprint density at radius 3 is 2.82 bits per heavy atom. The van der Waals surface area contributed by atoms with E-state index in [9.17, 15) is 10.1 Å². The van der Waals surface area contributed by atoms with Crippen LogP contribution in [0.2, 0.25) is 0 Å². The lowest BCUT2D eigenvalue weighted by atomic mass is 9.87. The summed E-state index contributed by atoms with van der Waals surface area (Å²) in [5.41, 5.74) is 0. The fraction of sp³-hybridized carbons (Fsp3) is 0.857. The summed E-state index contributed by atoms with van der Waals surface area (Å²) in [5, 5.41) is 18.8. The molecule has 0 radical (unpaired) electrons. The van der Waals surface area contributed by atoms with Gasteiger partial charge in [0.05, 0.1) is 12.0 Å². The van der Waals surface area contributed by atoms with Crippen molar-refractivity contribution in [2.75, 3.05) is 0 Å². The van der Waals surface area contributed by atoms with Crippen LogP contribution in [0, 0.1) is 27.4 Å². The molecule has 0 saturated heterocycles. The van der Waals surface area contributed by atoms with E-state index in [0.29, 0.717) is 12.8 Å². The molecule has 2 unspecified atom stereocenters. The summed E-state index contributed by atoms with van der Waals surface area (Å²) in [4.78, 5) is 10.1. The van der Waals surface area contributed by atoms with Crippen LogP contribution < -0.4 is 0 Å². The molecule has 0 N–H and O–H groups in total. The highest BCUT2D eigenvalue weighted by atomic mass is 16.6. The zero-order chi connectivity index (χ0) is 8.27. The van der Waals surface area contributed by atoms with Gasteiger partial charge in [0.25, 0.3) is 0 Å². The van der Waals surface area contributed by atoms with Crippen molar-refractivity contribution in [3.63, 3.8) is 0 Å². The van der Waals surface area contributed by atoms with E-state index in [2.05, 4.69) is 6.07 Å². The van der Waals surface area contributed by atoms with Gasteiger partial charge in [0.1, 0.15) is 0 Å². The minimum absolute atomic E-state index is 0.0841. The van der Waals surface area contributed by atoms with Crippen molar-refractivity contribution in [2.24, 2.45) is 5.92 Å². The quantitative estimate of drug-likeness (QED) is 0.423. The van der Waals surface area contributed by atoms with Gasteiger partial charge in [-0.2, -0.15) is 5.26 Å². The molecule has 1 fully saturated rings. The van der Waals surface area contributed by atoms with E-state index < -0.39 is 6.04 Å². The monoisotopic (exact) mass is 154 g/mol. The van der Waals surface area contributed by atoms with Gasteiger partial charge in [0.15, 0.2) is 0 Å². The van der Waals surface area contributed by atoms with Crippen molar-refractivity contribution in [2.45, 2.75) is 31.7 Å². The van der Waals surface area contributed by atoms with Crippen LogP contribution in [0.3, 0.4) is 0 Å². The van der Waals surface area contributed by atoms with Crippen molar-refractivity contribution >= 4 is 0 Å². The second-order valence-corrected chi connectivity index (χ2v) is 2.93. The Kier molecular flexibility index (Phi) is 2.42. The first-order valence-corrected chi connectivity index (χ1v) is 3.77. The molecule has 2 atom stereocenters. The summed E-state index contributed by atoms with van der Waals surface area (Å²) >= 11 is 0. The molecule has 0 aromatic rings. The third-order valence-electron chi connectivity index (χ3n) is 2.13. The standard InChI is InChI=1S/C7H10N2O2/c8-5-6-2-1-3-7(4-6)9(10)11/h6-7H,1-4H2. The summed E-state index contributed by atoms with van der Waals surface area (Å²) in [7, 11) is 0. The fourth-order valence-electron chi connectivity index (χ4n) is 1.47. The topological polar surface area (TPSA) is 66.9 Å². The second-order valence-electron chi connectivity index (χ2n) is 2.93. The van der Waals surface area contributed by atoms with Crippen LogP contribution in [0.25, 0.3) is 0 Å². The molecule has 1 rings (SSSR count). The molecule has 1 aliphatic rings. The Morgan fingerprint density at radius 1 is 1.55 bits per heavy atom. The van der Waals surface area contributed by atoms with E-state index in [4.69, 9.17) is 5.26 Å². The Bertz CT molecular complexity index is 197. The van der Waals surface area contributed by atoms with E-state index in [1.54, 1.807) is 0 Å². The maximum absolute atomic E-state index is 10.3. The molecule has 0 aromatic heterocycles. The fourth-order valence-corrected chi connectivity index (χ4v) is 1.47. The third kappa shape index (κ3) is 1.90. The average molecular weight is 154 g/mol. The van der Waals surface area contributed by atoms with Crippen LogP contribution >= 0.6 is 0 Å². The van der Waals surface area contributed by atoms with Crippen LogP contribution in [-0.2, 0) is 0 Å². The van der Waals surface area contributed by atoms with E-state index in [1.165, 1.54) is 0 Å². The minimum Gasteiger partial charge on any atom is -0.264 e. The van der Waals surface area contributed by atoms with Gasteiger partial charge in [-0.15, -0.1) is 0 Å². The molecular weight excluding hydrogens is 144 g/mol. The highest BCUT2D eigenvalue weighted by molar-refractivity contribution is 4.87. The number of hydrogen-bond donors (Lipinski definition) is 0. The van der Waals surface area contributed by atoms with Crippen molar-refractivity contribution in [3.8, 4) is 6.07 Å². The van der Waals surface area contributed by atoms with Crippen LogP contribution in [-0.4, -0.2) is 11.0 Å². The molecule has 1 aliphatic carbocycles. The molecule has 4 heteroatoms. The Balaban J connectivity index is 2.47. The molecule has 0 heterocycles. The first-order chi connectivity index (χ1) is 5.24. The Morgan fingerprint density at radius 2 is 2.27 bits per heavy atom. The van der Waals surface area contributed by atoms with E-state index >= 15 is 0 Å². The van der Waals surface area contributed by atoms with Crippen molar-refractivity contribution < 1.29 is 4.92 Å². The van der Waals surface area contributed by atoms with Gasteiger partial charge in [0.2, 0.25) is 6.04 Å². The van der Waals surface area contributed by atoms with E-state index in [0.717, 1.165) is 12.8 Å². The normalized spacial score (nSPS) is 30.8. The van der Waals surface area contributed by atoms with Crippen LogP contribution in [0.1, 0.15) is 25.7 Å². The lowest BCUT2D eigenvalue weighted by Gasteiger charge is -2.18. The summed E-state index contributed by atoms with van der Waals surface area (Å²) in [6.07, 6.45) is 2.75. The Labute approximate surface area is 65.0 Å². The highest BCUT2D eigenvalue weighted by Gasteiger charge is 2.29. The van der Waals surface area contributed by atoms with E-state index in [1.807, 2.05) is 0 Å². The molecule has 0 aromatic carbocycles. The number of nitro groups is 1. The second kappa shape index (κ2) is 3.33. The largest absolute Gasteiger partial charge is 0.264 e. The zero-order valence-electron chi connectivity index (χ0n) is 6.19. The molecule has 1 saturated carbocycles. The summed E-state index contributed by atoms with van der Waals surface area (Å²) in [6, 6.07) is 1.62. The molecule has 0 bridgehead atoms. The summed E-state index contributed by atoms with van der Waals surface area (Å²) in [6.45, 7) is 0. The van der Waals surface area contributed by atoms with Gasteiger partial charge < -0.3 is 0 Å². The van der Waals surface area contributed by atoms with Gasteiger partial charge >= 0.3 is 0 Å². The third-order valence-corrected chi connectivity index (χ3v) is 2.13. The predicted molar refractivity (Wildman–Crippen MR) is 38.4 cm³/mol. The summed E-state index contributed by atoms with van der Waals surface area (Å²) in [5.74, 6) is -0.0841. The van der Waals surface area contributed by atoms with Gasteiger partial charge in [-0.25, -0.2) is 0 Å². The lowest BCUT2D eigenvalue weighted by Crippen LogP contribution is -2.26. The molecule has 11 heavy (non-hydrogen) atoms. The van der Waals surface area contributed by atoms with Gasteiger partial charge in [-0.1, -0.05) is 0 Å².